The Morgan fingerprint density at radius 2 is 1.72 bits per heavy atom. The van der Waals surface area contributed by atoms with E-state index in [2.05, 4.69) is 10.9 Å². The number of carbonyl (C=O) groups excluding carboxylic acids is 2. The van der Waals surface area contributed by atoms with Crippen molar-refractivity contribution in [1.82, 2.24) is 15.2 Å². The van der Waals surface area contributed by atoms with Gasteiger partial charge in [0.1, 0.15) is 6.10 Å². The Labute approximate surface area is 146 Å². The summed E-state index contributed by atoms with van der Waals surface area (Å²) in [6.07, 6.45) is 2.64. The number of hydrogen-bond donors (Lipinski definition) is 2. The molecule has 1 aromatic rings. The zero-order chi connectivity index (χ0) is 17.9. The predicted molar refractivity (Wildman–Crippen MR) is 89.0 cm³/mol. The van der Waals surface area contributed by atoms with Crippen LogP contribution in [0.4, 0.5) is 0 Å². The van der Waals surface area contributed by atoms with E-state index >= 15 is 0 Å². The minimum absolute atomic E-state index is 0.161. The van der Waals surface area contributed by atoms with Crippen molar-refractivity contribution in [3.63, 3.8) is 0 Å². The van der Waals surface area contributed by atoms with Crippen molar-refractivity contribution >= 4 is 21.8 Å². The molecule has 1 atom stereocenters. The molecule has 136 valence electrons. The molecule has 2 heterocycles. The van der Waals surface area contributed by atoms with Gasteiger partial charge >= 0.3 is 0 Å². The fourth-order valence-electron chi connectivity index (χ4n) is 2.91. The van der Waals surface area contributed by atoms with Crippen LogP contribution >= 0.6 is 0 Å². The maximum absolute atomic E-state index is 12.4. The number of benzene rings is 1. The molecule has 0 aromatic heterocycles. The molecule has 0 radical (unpaired) electrons. The van der Waals surface area contributed by atoms with Gasteiger partial charge in [-0.2, -0.15) is 4.31 Å². The van der Waals surface area contributed by atoms with E-state index in [0.717, 1.165) is 19.3 Å². The second-order valence-corrected chi connectivity index (χ2v) is 8.02. The molecule has 2 fully saturated rings. The average molecular weight is 367 g/mol. The molecule has 9 heteroatoms. The largest absolute Gasteiger partial charge is 0.368 e. The van der Waals surface area contributed by atoms with Crippen molar-refractivity contribution in [1.29, 1.82) is 0 Å². The highest BCUT2D eigenvalue weighted by molar-refractivity contribution is 7.89. The lowest BCUT2D eigenvalue weighted by Gasteiger charge is -2.15. The van der Waals surface area contributed by atoms with Gasteiger partial charge in [0, 0.05) is 25.3 Å². The van der Waals surface area contributed by atoms with Crippen molar-refractivity contribution in [2.45, 2.75) is 36.7 Å². The molecule has 2 amide bonds. The fourth-order valence-corrected chi connectivity index (χ4v) is 4.43. The first-order valence-electron chi connectivity index (χ1n) is 8.30. The van der Waals surface area contributed by atoms with E-state index in [-0.39, 0.29) is 16.4 Å². The third-order valence-electron chi connectivity index (χ3n) is 4.34. The second-order valence-electron chi connectivity index (χ2n) is 6.08. The molecule has 25 heavy (non-hydrogen) atoms. The van der Waals surface area contributed by atoms with E-state index in [9.17, 15) is 18.0 Å². The quantitative estimate of drug-likeness (QED) is 0.750. The summed E-state index contributed by atoms with van der Waals surface area (Å²) in [7, 11) is -3.50. The lowest BCUT2D eigenvalue weighted by molar-refractivity contribution is -0.130. The van der Waals surface area contributed by atoms with Crippen molar-refractivity contribution in [2.75, 3.05) is 19.7 Å². The van der Waals surface area contributed by atoms with Gasteiger partial charge in [-0.15, -0.1) is 0 Å². The smallest absolute Gasteiger partial charge is 0.269 e. The zero-order valence-electron chi connectivity index (χ0n) is 13.7. The summed E-state index contributed by atoms with van der Waals surface area (Å²) < 4.78 is 31.5. The molecular weight excluding hydrogens is 346 g/mol. The first kappa shape index (κ1) is 17.8. The fraction of sp³-hybridized carbons (Fsp3) is 0.500. The highest BCUT2D eigenvalue weighted by Gasteiger charge is 2.27. The third kappa shape index (κ3) is 4.00. The molecule has 0 saturated carbocycles. The Bertz CT molecular complexity index is 736. The molecule has 0 spiro atoms. The number of amides is 2. The van der Waals surface area contributed by atoms with Crippen LogP contribution < -0.4 is 10.9 Å². The van der Waals surface area contributed by atoms with E-state index in [1.54, 1.807) is 0 Å². The zero-order valence-corrected chi connectivity index (χ0v) is 14.5. The van der Waals surface area contributed by atoms with Crippen LogP contribution in [0.25, 0.3) is 0 Å². The van der Waals surface area contributed by atoms with Crippen LogP contribution in [0.1, 0.15) is 36.0 Å². The number of sulfonamides is 1. The van der Waals surface area contributed by atoms with Crippen LogP contribution in [0.3, 0.4) is 0 Å². The Balaban J connectivity index is 1.59. The van der Waals surface area contributed by atoms with Crippen molar-refractivity contribution in [3.8, 4) is 0 Å². The average Bonchev–Trinajstić information content (AvgIpc) is 3.33. The molecule has 3 rings (SSSR count). The first-order valence-corrected chi connectivity index (χ1v) is 9.74. The maximum atomic E-state index is 12.4. The summed E-state index contributed by atoms with van der Waals surface area (Å²) in [5, 5.41) is 0. The van der Waals surface area contributed by atoms with Gasteiger partial charge in [0.15, 0.2) is 0 Å². The highest BCUT2D eigenvalue weighted by atomic mass is 32.2. The maximum Gasteiger partial charge on any atom is 0.269 e. The number of nitrogens with one attached hydrogen (secondary N) is 2. The minimum atomic E-state index is -3.50. The Kier molecular flexibility index (Phi) is 5.36. The minimum Gasteiger partial charge on any atom is -0.368 e. The molecule has 0 bridgehead atoms. The van der Waals surface area contributed by atoms with Crippen LogP contribution in [0.5, 0.6) is 0 Å². The predicted octanol–water partition coefficient (Wildman–Crippen LogP) is 0.411. The van der Waals surface area contributed by atoms with Crippen molar-refractivity contribution in [2.24, 2.45) is 0 Å². The van der Waals surface area contributed by atoms with E-state index in [4.69, 9.17) is 4.74 Å². The van der Waals surface area contributed by atoms with Crippen molar-refractivity contribution < 1.29 is 22.7 Å². The number of carbonyl (C=O) groups is 2. The summed E-state index contributed by atoms with van der Waals surface area (Å²) in [5.74, 6) is -0.907. The van der Waals surface area contributed by atoms with Crippen LogP contribution in [0, 0.1) is 0 Å². The van der Waals surface area contributed by atoms with Crippen LogP contribution in [-0.2, 0) is 19.6 Å². The molecule has 2 saturated heterocycles. The molecule has 0 unspecified atom stereocenters. The van der Waals surface area contributed by atoms with Gasteiger partial charge in [0.2, 0.25) is 10.0 Å². The lowest BCUT2D eigenvalue weighted by Crippen LogP contribution is -2.46. The van der Waals surface area contributed by atoms with Crippen molar-refractivity contribution in [3.05, 3.63) is 29.8 Å². The van der Waals surface area contributed by atoms with Gasteiger partial charge in [0.05, 0.1) is 4.90 Å². The monoisotopic (exact) mass is 367 g/mol. The number of nitrogens with zero attached hydrogens (tertiary/aromatic N) is 1. The molecule has 1 aromatic carbocycles. The summed E-state index contributed by atoms with van der Waals surface area (Å²) >= 11 is 0. The van der Waals surface area contributed by atoms with Gasteiger partial charge in [-0.1, -0.05) is 0 Å². The van der Waals surface area contributed by atoms with Gasteiger partial charge < -0.3 is 4.74 Å². The van der Waals surface area contributed by atoms with Crippen LogP contribution in [0.15, 0.2) is 29.2 Å². The summed E-state index contributed by atoms with van der Waals surface area (Å²) in [4.78, 5) is 24.0. The topological polar surface area (TPSA) is 105 Å². The van der Waals surface area contributed by atoms with Gasteiger partial charge in [-0.05, 0) is 49.9 Å². The Hall–Kier alpha value is -1.97. The molecular formula is C16H21N3O5S. The Morgan fingerprint density at radius 3 is 2.32 bits per heavy atom. The van der Waals surface area contributed by atoms with E-state index in [1.807, 2.05) is 0 Å². The molecule has 0 aliphatic carbocycles. The summed E-state index contributed by atoms with van der Waals surface area (Å²) in [6, 6.07) is 5.67. The Morgan fingerprint density at radius 1 is 1.04 bits per heavy atom. The normalized spacial score (nSPS) is 21.2. The number of ether oxygens (including phenoxy) is 1. The standard InChI is InChI=1S/C16H21N3O5S/c20-15(17-18-16(21)14-4-3-11-24-14)12-5-7-13(8-6-12)25(22,23)19-9-1-2-10-19/h5-8,14H,1-4,9-11H2,(H,17,20)(H,18,21)/t14-/m0/s1. The van der Waals surface area contributed by atoms with E-state index in [0.29, 0.717) is 26.1 Å². The molecule has 2 aliphatic heterocycles. The lowest BCUT2D eigenvalue weighted by atomic mass is 10.2. The van der Waals surface area contributed by atoms with Gasteiger partial charge in [-0.3, -0.25) is 20.4 Å². The van der Waals surface area contributed by atoms with Crippen LogP contribution in [0.2, 0.25) is 0 Å². The molecule has 2 aliphatic rings. The van der Waals surface area contributed by atoms with E-state index < -0.39 is 22.0 Å². The molecule has 8 nitrogen and oxygen atoms in total. The second kappa shape index (κ2) is 7.51. The van der Waals surface area contributed by atoms with Gasteiger partial charge in [-0.25, -0.2) is 8.42 Å². The number of hydrogen-bond acceptors (Lipinski definition) is 5. The van der Waals surface area contributed by atoms with E-state index in [1.165, 1.54) is 28.6 Å². The first-order chi connectivity index (χ1) is 12.0. The highest BCUT2D eigenvalue weighted by Crippen LogP contribution is 2.21. The summed E-state index contributed by atoms with van der Waals surface area (Å²) in [5.41, 5.74) is 4.89. The SMILES string of the molecule is O=C(NNC(=O)[C@@H]1CCCO1)c1ccc(S(=O)(=O)N2CCCC2)cc1. The third-order valence-corrected chi connectivity index (χ3v) is 6.25. The summed E-state index contributed by atoms with van der Waals surface area (Å²) in [6.45, 7) is 1.60. The number of hydrazine groups is 1. The number of rotatable bonds is 4. The van der Waals surface area contributed by atoms with Crippen LogP contribution in [-0.4, -0.2) is 50.3 Å². The van der Waals surface area contributed by atoms with Gasteiger partial charge in [0.25, 0.3) is 11.8 Å². The molecule has 2 N–H and O–H groups in total.